The molecule has 0 aliphatic carbocycles. The number of carbonyl (C=O) groups excluding carboxylic acids is 2. The average Bonchev–Trinajstić information content (AvgIpc) is 2.93. The van der Waals surface area contributed by atoms with E-state index in [-0.39, 0.29) is 18.6 Å². The fourth-order valence-electron chi connectivity index (χ4n) is 3.17. The number of carbonyl (C=O) groups is 2. The van der Waals surface area contributed by atoms with Crippen molar-refractivity contribution in [2.24, 2.45) is 0 Å². The molecule has 0 saturated carbocycles. The summed E-state index contributed by atoms with van der Waals surface area (Å²) in [6.45, 7) is 6.90. The molecule has 2 rings (SSSR count). The number of nitrogens with one attached hydrogen (secondary N) is 1. The summed E-state index contributed by atoms with van der Waals surface area (Å²) >= 11 is 0. The molecule has 0 aromatic rings. The molecule has 0 aromatic carbocycles. The van der Waals surface area contributed by atoms with Crippen molar-refractivity contribution in [3.05, 3.63) is 0 Å². The van der Waals surface area contributed by atoms with Gasteiger partial charge in [-0.3, -0.25) is 8.98 Å². The van der Waals surface area contributed by atoms with Crippen LogP contribution in [0.2, 0.25) is 0 Å². The highest BCUT2D eigenvalue weighted by molar-refractivity contribution is 7.85. The summed E-state index contributed by atoms with van der Waals surface area (Å²) in [5.74, 6) is -0.297. The van der Waals surface area contributed by atoms with Gasteiger partial charge in [-0.15, -0.1) is 0 Å². The molecule has 2 amide bonds. The smallest absolute Gasteiger partial charge is 0.410 e. The van der Waals surface area contributed by atoms with Crippen LogP contribution >= 0.6 is 0 Å². The molecule has 2 fully saturated rings. The number of likely N-dealkylation sites (tertiary alicyclic amines) is 1. The minimum absolute atomic E-state index is 0.223. The van der Waals surface area contributed by atoms with Gasteiger partial charge in [-0.1, -0.05) is 0 Å². The Morgan fingerprint density at radius 1 is 1.32 bits per heavy atom. The lowest BCUT2D eigenvalue weighted by Crippen LogP contribution is -2.55. The number of ether oxygens (including phenoxy) is 2. The summed E-state index contributed by atoms with van der Waals surface area (Å²) in [6.07, 6.45) is 0.0680. The Hall–Kier alpha value is -1.39. The lowest BCUT2D eigenvalue weighted by molar-refractivity contribution is -0.120. The van der Waals surface area contributed by atoms with Gasteiger partial charge in [0.1, 0.15) is 11.7 Å². The summed E-state index contributed by atoms with van der Waals surface area (Å²) in [5, 5.41) is 2.76. The van der Waals surface area contributed by atoms with E-state index in [0.717, 1.165) is 6.26 Å². The van der Waals surface area contributed by atoms with E-state index in [1.54, 1.807) is 20.8 Å². The molecule has 144 valence electrons. The lowest BCUT2D eigenvalue weighted by atomic mass is 10.0. The Bertz CT molecular complexity index is 628. The van der Waals surface area contributed by atoms with Gasteiger partial charge in [0.05, 0.1) is 31.1 Å². The van der Waals surface area contributed by atoms with Gasteiger partial charge < -0.3 is 19.7 Å². The van der Waals surface area contributed by atoms with Gasteiger partial charge in [-0.25, -0.2) is 4.79 Å². The highest BCUT2D eigenvalue weighted by Crippen LogP contribution is 2.34. The van der Waals surface area contributed by atoms with Crippen LogP contribution in [0.5, 0.6) is 0 Å². The Balaban J connectivity index is 2.16. The fourth-order valence-corrected chi connectivity index (χ4v) is 3.55. The van der Waals surface area contributed by atoms with Crippen molar-refractivity contribution in [2.75, 3.05) is 19.4 Å². The van der Waals surface area contributed by atoms with Crippen LogP contribution in [0.4, 0.5) is 4.79 Å². The van der Waals surface area contributed by atoms with Crippen molar-refractivity contribution in [1.82, 2.24) is 10.2 Å². The molecule has 2 saturated heterocycles. The van der Waals surface area contributed by atoms with Gasteiger partial charge in [-0.2, -0.15) is 8.42 Å². The maximum Gasteiger partial charge on any atom is 0.410 e. The van der Waals surface area contributed by atoms with Crippen LogP contribution < -0.4 is 5.32 Å². The SMILES string of the molecule is CC(=O)N[C@@H]1[C@H]2[C@H](CCN2C(=O)OC(C)(C)C)O[C@@H]1COS(C)(=O)=O. The van der Waals surface area contributed by atoms with Gasteiger partial charge in [0.2, 0.25) is 5.91 Å². The predicted octanol–water partition coefficient (Wildman–Crippen LogP) is 0.244. The van der Waals surface area contributed by atoms with E-state index < -0.39 is 40.0 Å². The molecular weight excluding hydrogens is 352 g/mol. The Kier molecular flexibility index (Phi) is 5.65. The maximum atomic E-state index is 12.5. The largest absolute Gasteiger partial charge is 0.444 e. The molecule has 25 heavy (non-hydrogen) atoms. The second-order valence-corrected chi connectivity index (χ2v) is 9.02. The molecule has 2 heterocycles. The number of hydrogen-bond acceptors (Lipinski definition) is 7. The van der Waals surface area contributed by atoms with Gasteiger partial charge in [-0.05, 0) is 27.2 Å². The zero-order chi connectivity index (χ0) is 19.0. The molecule has 0 unspecified atom stereocenters. The number of amides is 2. The van der Waals surface area contributed by atoms with Gasteiger partial charge >= 0.3 is 6.09 Å². The Labute approximate surface area is 148 Å². The topological polar surface area (TPSA) is 111 Å². The first-order valence-electron chi connectivity index (χ1n) is 8.14. The Morgan fingerprint density at radius 2 is 1.96 bits per heavy atom. The van der Waals surface area contributed by atoms with E-state index in [1.165, 1.54) is 11.8 Å². The summed E-state index contributed by atoms with van der Waals surface area (Å²) in [4.78, 5) is 25.6. The van der Waals surface area contributed by atoms with E-state index in [0.29, 0.717) is 13.0 Å². The third-order valence-electron chi connectivity index (χ3n) is 3.96. The van der Waals surface area contributed by atoms with Crippen molar-refractivity contribution in [3.8, 4) is 0 Å². The van der Waals surface area contributed by atoms with Crippen molar-refractivity contribution in [2.45, 2.75) is 64.0 Å². The number of fused-ring (bicyclic) bond motifs is 1. The third kappa shape index (κ3) is 5.29. The predicted molar refractivity (Wildman–Crippen MR) is 88.4 cm³/mol. The molecule has 0 aromatic heterocycles. The highest BCUT2D eigenvalue weighted by atomic mass is 32.2. The Morgan fingerprint density at radius 3 is 2.48 bits per heavy atom. The molecule has 0 bridgehead atoms. The normalized spacial score (nSPS) is 29.4. The molecule has 0 spiro atoms. The average molecular weight is 378 g/mol. The van der Waals surface area contributed by atoms with E-state index >= 15 is 0 Å². The molecular formula is C15H26N2O7S. The van der Waals surface area contributed by atoms with Gasteiger partial charge in [0, 0.05) is 13.5 Å². The summed E-state index contributed by atoms with van der Waals surface area (Å²) in [7, 11) is -3.64. The van der Waals surface area contributed by atoms with Crippen molar-refractivity contribution >= 4 is 22.1 Å². The lowest BCUT2D eigenvalue weighted by Gasteiger charge is -2.31. The quantitative estimate of drug-likeness (QED) is 0.698. The number of rotatable bonds is 4. The summed E-state index contributed by atoms with van der Waals surface area (Å²) in [6, 6.07) is -0.994. The monoisotopic (exact) mass is 378 g/mol. The van der Waals surface area contributed by atoms with Crippen LogP contribution in [-0.4, -0.2) is 74.6 Å². The molecule has 2 aliphatic rings. The maximum absolute atomic E-state index is 12.5. The fraction of sp³-hybridized carbons (Fsp3) is 0.867. The van der Waals surface area contributed by atoms with Crippen molar-refractivity contribution < 1.29 is 31.7 Å². The molecule has 2 aliphatic heterocycles. The zero-order valence-corrected chi connectivity index (χ0v) is 16.0. The van der Waals surface area contributed by atoms with Gasteiger partial charge in [0.15, 0.2) is 0 Å². The minimum Gasteiger partial charge on any atom is -0.444 e. The van der Waals surface area contributed by atoms with Crippen LogP contribution in [0.3, 0.4) is 0 Å². The summed E-state index contributed by atoms with van der Waals surface area (Å²) in [5.41, 5.74) is -0.642. The molecule has 9 nitrogen and oxygen atoms in total. The van der Waals surface area contributed by atoms with Crippen molar-refractivity contribution in [1.29, 1.82) is 0 Å². The van der Waals surface area contributed by atoms with Crippen LogP contribution in [0.15, 0.2) is 0 Å². The first kappa shape index (κ1) is 19.9. The first-order chi connectivity index (χ1) is 11.4. The van der Waals surface area contributed by atoms with E-state index in [2.05, 4.69) is 5.32 Å². The van der Waals surface area contributed by atoms with Crippen LogP contribution in [0.25, 0.3) is 0 Å². The zero-order valence-electron chi connectivity index (χ0n) is 15.1. The summed E-state index contributed by atoms with van der Waals surface area (Å²) < 4.78 is 38.6. The molecule has 0 radical (unpaired) electrons. The van der Waals surface area contributed by atoms with E-state index in [4.69, 9.17) is 13.7 Å². The van der Waals surface area contributed by atoms with E-state index in [1.807, 2.05) is 0 Å². The van der Waals surface area contributed by atoms with Crippen LogP contribution in [0, 0.1) is 0 Å². The second-order valence-electron chi connectivity index (χ2n) is 7.38. The second kappa shape index (κ2) is 7.08. The standard InChI is InChI=1S/C15H26N2O7S/c1-9(18)16-12-11(8-22-25(5,20)21)23-10-6-7-17(13(10)12)14(19)24-15(2,3)4/h10-13H,6-8H2,1-5H3,(H,16,18)/t10-,11+,12-,13+/m0/s1. The minimum atomic E-state index is -3.64. The number of hydrogen-bond donors (Lipinski definition) is 1. The van der Waals surface area contributed by atoms with Crippen LogP contribution in [0.1, 0.15) is 34.1 Å². The molecule has 1 N–H and O–H groups in total. The molecule has 10 heteroatoms. The molecule has 4 atom stereocenters. The van der Waals surface area contributed by atoms with Crippen molar-refractivity contribution in [3.63, 3.8) is 0 Å². The van der Waals surface area contributed by atoms with Crippen LogP contribution in [-0.2, 0) is 28.6 Å². The van der Waals surface area contributed by atoms with E-state index in [9.17, 15) is 18.0 Å². The third-order valence-corrected chi connectivity index (χ3v) is 4.52. The first-order valence-corrected chi connectivity index (χ1v) is 9.95. The number of nitrogens with zero attached hydrogens (tertiary/aromatic N) is 1. The van der Waals surface area contributed by atoms with Gasteiger partial charge in [0.25, 0.3) is 10.1 Å². The highest BCUT2D eigenvalue weighted by Gasteiger charge is 2.53.